The summed E-state index contributed by atoms with van der Waals surface area (Å²) in [6.07, 6.45) is 1.06. The van der Waals surface area contributed by atoms with Crippen molar-refractivity contribution in [3.8, 4) is 0 Å². The maximum Gasteiger partial charge on any atom is 0.282 e. The van der Waals surface area contributed by atoms with Gasteiger partial charge in [0.25, 0.3) is 10.0 Å². The first-order valence-electron chi connectivity index (χ1n) is 5.09. The predicted molar refractivity (Wildman–Crippen MR) is 66.4 cm³/mol. The van der Waals surface area contributed by atoms with Crippen LogP contribution in [-0.2, 0) is 10.0 Å². The minimum atomic E-state index is -4.48. The second-order valence-electron chi connectivity index (χ2n) is 3.64. The lowest BCUT2D eigenvalue weighted by Crippen LogP contribution is -2.17. The van der Waals surface area contributed by atoms with E-state index in [0.717, 1.165) is 18.3 Å². The minimum Gasteiger partial charge on any atom is -0.274 e. The van der Waals surface area contributed by atoms with Crippen molar-refractivity contribution in [1.82, 2.24) is 4.98 Å². The summed E-state index contributed by atoms with van der Waals surface area (Å²) in [6, 6.07) is 3.24. The molecule has 0 fully saturated rings. The quantitative estimate of drug-likeness (QED) is 0.945. The number of hydrogen-bond acceptors (Lipinski definition) is 3. The first-order chi connectivity index (χ1) is 9.31. The fourth-order valence-electron chi connectivity index (χ4n) is 1.39. The fraction of sp³-hybridized carbons (Fsp3) is 0. The molecular formula is C11H6ClF3N2O2S. The topological polar surface area (TPSA) is 59.1 Å². The zero-order valence-corrected chi connectivity index (χ0v) is 11.1. The molecule has 1 N–H and O–H groups in total. The van der Waals surface area contributed by atoms with Gasteiger partial charge in [-0.25, -0.2) is 18.2 Å². The van der Waals surface area contributed by atoms with Crippen LogP contribution in [0.4, 0.5) is 18.9 Å². The van der Waals surface area contributed by atoms with E-state index >= 15 is 0 Å². The Labute approximate surface area is 117 Å². The molecular weight excluding hydrogens is 317 g/mol. The Hall–Kier alpha value is -1.80. The second kappa shape index (κ2) is 5.29. The van der Waals surface area contributed by atoms with Gasteiger partial charge in [-0.1, -0.05) is 11.6 Å². The van der Waals surface area contributed by atoms with Crippen LogP contribution in [0.1, 0.15) is 0 Å². The van der Waals surface area contributed by atoms with E-state index in [9.17, 15) is 21.6 Å². The van der Waals surface area contributed by atoms with Crippen LogP contribution in [0.3, 0.4) is 0 Å². The SMILES string of the molecule is O=S(=O)(Nc1c(F)cc(F)cc1Cl)c1ncccc1F. The number of aromatic nitrogens is 1. The molecule has 0 saturated carbocycles. The van der Waals surface area contributed by atoms with E-state index in [4.69, 9.17) is 11.6 Å². The number of rotatable bonds is 3. The summed E-state index contributed by atoms with van der Waals surface area (Å²) in [5, 5.41) is -1.41. The number of benzene rings is 1. The fourth-order valence-corrected chi connectivity index (χ4v) is 2.79. The maximum absolute atomic E-state index is 13.5. The number of halogens is 4. The number of hydrogen-bond donors (Lipinski definition) is 1. The van der Waals surface area contributed by atoms with Crippen LogP contribution < -0.4 is 4.72 Å². The van der Waals surface area contributed by atoms with Crippen molar-refractivity contribution in [3.63, 3.8) is 0 Å². The number of pyridine rings is 1. The summed E-state index contributed by atoms with van der Waals surface area (Å²) in [7, 11) is -4.48. The highest BCUT2D eigenvalue weighted by atomic mass is 35.5. The van der Waals surface area contributed by atoms with Gasteiger partial charge in [-0.3, -0.25) is 4.72 Å². The molecule has 2 aromatic rings. The van der Waals surface area contributed by atoms with E-state index in [1.807, 2.05) is 0 Å². The number of nitrogens with one attached hydrogen (secondary N) is 1. The summed E-state index contributed by atoms with van der Waals surface area (Å²) in [6.45, 7) is 0. The van der Waals surface area contributed by atoms with Gasteiger partial charge in [0.05, 0.1) is 5.02 Å². The van der Waals surface area contributed by atoms with Gasteiger partial charge in [0, 0.05) is 12.3 Å². The van der Waals surface area contributed by atoms with Gasteiger partial charge in [-0.05, 0) is 18.2 Å². The van der Waals surface area contributed by atoms with Crippen molar-refractivity contribution >= 4 is 27.3 Å². The molecule has 4 nitrogen and oxygen atoms in total. The first-order valence-corrected chi connectivity index (χ1v) is 6.95. The third kappa shape index (κ3) is 2.86. The van der Waals surface area contributed by atoms with Crippen molar-refractivity contribution in [1.29, 1.82) is 0 Å². The summed E-state index contributed by atoms with van der Waals surface area (Å²) in [5.74, 6) is -3.31. The van der Waals surface area contributed by atoms with Gasteiger partial charge < -0.3 is 0 Å². The Morgan fingerprint density at radius 2 is 1.85 bits per heavy atom. The number of anilines is 1. The lowest BCUT2D eigenvalue weighted by atomic mass is 10.3. The molecule has 0 saturated heterocycles. The molecule has 0 aliphatic carbocycles. The molecule has 0 radical (unpaired) electrons. The monoisotopic (exact) mass is 322 g/mol. The summed E-state index contributed by atoms with van der Waals surface area (Å²) in [4.78, 5) is 3.36. The Balaban J connectivity index is 2.47. The van der Waals surface area contributed by atoms with Crippen molar-refractivity contribution in [2.45, 2.75) is 5.03 Å². The van der Waals surface area contributed by atoms with Crippen LogP contribution in [0, 0.1) is 17.5 Å². The second-order valence-corrected chi connectivity index (χ2v) is 5.65. The van der Waals surface area contributed by atoms with Crippen LogP contribution in [0.25, 0.3) is 0 Å². The molecule has 2 rings (SSSR count). The Bertz CT molecular complexity index is 745. The van der Waals surface area contributed by atoms with E-state index in [1.165, 1.54) is 6.07 Å². The average molecular weight is 323 g/mol. The van der Waals surface area contributed by atoms with Gasteiger partial charge in [0.2, 0.25) is 5.03 Å². The van der Waals surface area contributed by atoms with Crippen LogP contribution in [0.2, 0.25) is 5.02 Å². The molecule has 0 aliphatic heterocycles. The standard InChI is InChI=1S/C11H6ClF3N2O2S/c12-7-4-6(13)5-9(15)10(7)17-20(18,19)11-8(14)2-1-3-16-11/h1-5,17H. The molecule has 0 bridgehead atoms. The lowest BCUT2D eigenvalue weighted by molar-refractivity contribution is 0.555. The van der Waals surface area contributed by atoms with E-state index in [0.29, 0.717) is 6.07 Å². The first kappa shape index (κ1) is 14.6. The number of sulfonamides is 1. The molecule has 1 heterocycles. The lowest BCUT2D eigenvalue weighted by Gasteiger charge is -2.10. The van der Waals surface area contributed by atoms with Gasteiger partial charge >= 0.3 is 0 Å². The summed E-state index contributed by atoms with van der Waals surface area (Å²) >= 11 is 5.55. The van der Waals surface area contributed by atoms with Crippen LogP contribution in [0.5, 0.6) is 0 Å². The smallest absolute Gasteiger partial charge is 0.274 e. The Morgan fingerprint density at radius 1 is 1.15 bits per heavy atom. The molecule has 0 atom stereocenters. The molecule has 0 aliphatic rings. The third-order valence-electron chi connectivity index (χ3n) is 2.22. The molecule has 106 valence electrons. The zero-order valence-electron chi connectivity index (χ0n) is 9.57. The van der Waals surface area contributed by atoms with Gasteiger partial charge in [-0.2, -0.15) is 8.42 Å². The summed E-state index contributed by atoms with van der Waals surface area (Å²) in [5.41, 5.74) is -0.682. The van der Waals surface area contributed by atoms with Gasteiger partial charge in [0.1, 0.15) is 11.5 Å². The predicted octanol–water partition coefficient (Wildman–Crippen LogP) is 2.95. The summed E-state index contributed by atoms with van der Waals surface area (Å²) < 4.78 is 65.2. The van der Waals surface area contributed by atoms with Crippen LogP contribution in [0.15, 0.2) is 35.5 Å². The highest BCUT2D eigenvalue weighted by molar-refractivity contribution is 7.92. The van der Waals surface area contributed by atoms with Crippen LogP contribution >= 0.6 is 11.6 Å². The van der Waals surface area contributed by atoms with Crippen molar-refractivity contribution in [2.75, 3.05) is 4.72 Å². The molecule has 1 aromatic heterocycles. The molecule has 1 aromatic carbocycles. The maximum atomic E-state index is 13.5. The highest BCUT2D eigenvalue weighted by Crippen LogP contribution is 2.28. The van der Waals surface area contributed by atoms with Crippen molar-refractivity contribution in [3.05, 3.63) is 52.9 Å². The normalized spacial score (nSPS) is 11.4. The van der Waals surface area contributed by atoms with Crippen molar-refractivity contribution < 1.29 is 21.6 Å². The van der Waals surface area contributed by atoms with Gasteiger partial charge in [-0.15, -0.1) is 0 Å². The molecule has 9 heteroatoms. The largest absolute Gasteiger partial charge is 0.282 e. The van der Waals surface area contributed by atoms with E-state index in [1.54, 1.807) is 4.72 Å². The van der Waals surface area contributed by atoms with E-state index < -0.39 is 43.2 Å². The molecule has 0 unspecified atom stereocenters. The van der Waals surface area contributed by atoms with Crippen molar-refractivity contribution in [2.24, 2.45) is 0 Å². The molecule has 0 amide bonds. The highest BCUT2D eigenvalue weighted by Gasteiger charge is 2.23. The minimum absolute atomic E-state index is 0.443. The molecule has 20 heavy (non-hydrogen) atoms. The zero-order chi connectivity index (χ0) is 14.9. The Kier molecular flexibility index (Phi) is 3.87. The third-order valence-corrected chi connectivity index (χ3v) is 3.80. The number of nitrogens with zero attached hydrogens (tertiary/aromatic N) is 1. The van der Waals surface area contributed by atoms with E-state index in [2.05, 4.69) is 4.98 Å². The Morgan fingerprint density at radius 3 is 2.45 bits per heavy atom. The van der Waals surface area contributed by atoms with Crippen LogP contribution in [-0.4, -0.2) is 13.4 Å². The van der Waals surface area contributed by atoms with E-state index in [-0.39, 0.29) is 0 Å². The van der Waals surface area contributed by atoms with Gasteiger partial charge in [0.15, 0.2) is 11.6 Å². The average Bonchev–Trinajstić information content (AvgIpc) is 2.34. The molecule has 0 spiro atoms.